The van der Waals surface area contributed by atoms with Crippen LogP contribution in [-0.2, 0) is 4.79 Å². The number of fused-ring (bicyclic) bond motifs is 1. The van der Waals surface area contributed by atoms with Crippen LogP contribution in [0, 0.1) is 0 Å². The third-order valence-electron chi connectivity index (χ3n) is 3.99. The summed E-state index contributed by atoms with van der Waals surface area (Å²) in [6.45, 7) is 1.70. The van der Waals surface area contributed by atoms with Crippen LogP contribution >= 0.6 is 0 Å². The van der Waals surface area contributed by atoms with Crippen LogP contribution < -0.4 is 15.6 Å². The number of nitrogens with one attached hydrogen (secondary N) is 1. The lowest BCUT2D eigenvalue weighted by Gasteiger charge is -2.16. The summed E-state index contributed by atoms with van der Waals surface area (Å²) >= 11 is 0. The molecule has 0 saturated heterocycles. The zero-order chi connectivity index (χ0) is 17.1. The fourth-order valence-electron chi connectivity index (χ4n) is 2.56. The molecule has 1 atom stereocenters. The van der Waals surface area contributed by atoms with E-state index in [0.29, 0.717) is 16.8 Å². The van der Waals surface area contributed by atoms with E-state index in [0.717, 1.165) is 5.39 Å². The Bertz CT molecular complexity index is 929. The summed E-state index contributed by atoms with van der Waals surface area (Å²) in [5.41, 5.74) is 0.479. The van der Waals surface area contributed by atoms with Gasteiger partial charge in [-0.2, -0.15) is 0 Å². The molecule has 0 aliphatic heterocycles. The van der Waals surface area contributed by atoms with Gasteiger partial charge in [-0.15, -0.1) is 0 Å². The second-order valence-corrected chi connectivity index (χ2v) is 5.51. The molecule has 1 unspecified atom stereocenters. The van der Waals surface area contributed by atoms with E-state index in [9.17, 15) is 9.59 Å². The molecule has 1 amide bonds. The molecule has 2 aromatic carbocycles. The van der Waals surface area contributed by atoms with Crippen molar-refractivity contribution in [1.29, 1.82) is 0 Å². The van der Waals surface area contributed by atoms with Gasteiger partial charge in [0.15, 0.2) is 0 Å². The van der Waals surface area contributed by atoms with Gasteiger partial charge < -0.3 is 14.6 Å². The molecule has 0 fully saturated rings. The Morgan fingerprint density at radius 3 is 2.50 bits per heavy atom. The summed E-state index contributed by atoms with van der Waals surface area (Å²) in [4.78, 5) is 25.0. The van der Waals surface area contributed by atoms with Gasteiger partial charge in [-0.1, -0.05) is 18.2 Å². The molecule has 1 aromatic heterocycles. The van der Waals surface area contributed by atoms with Gasteiger partial charge in [-0.05, 0) is 48.7 Å². The first-order valence-corrected chi connectivity index (χ1v) is 7.65. The predicted molar refractivity (Wildman–Crippen MR) is 94.5 cm³/mol. The van der Waals surface area contributed by atoms with Gasteiger partial charge >= 0.3 is 0 Å². The highest BCUT2D eigenvalue weighted by Gasteiger charge is 2.17. The number of hydrogen-bond donors (Lipinski definition) is 1. The SMILES string of the molecule is COc1ccc(NC(=O)C(C)n2ccc3ccccc3c2=O)cc1. The van der Waals surface area contributed by atoms with E-state index in [1.807, 2.05) is 24.3 Å². The predicted octanol–water partition coefficient (Wildman–Crippen LogP) is 3.21. The topological polar surface area (TPSA) is 60.3 Å². The van der Waals surface area contributed by atoms with Crippen molar-refractivity contribution in [3.05, 3.63) is 71.1 Å². The first-order valence-electron chi connectivity index (χ1n) is 7.65. The summed E-state index contributed by atoms with van der Waals surface area (Å²) in [7, 11) is 1.59. The lowest BCUT2D eigenvalue weighted by atomic mass is 10.1. The van der Waals surface area contributed by atoms with Crippen LogP contribution in [0.3, 0.4) is 0 Å². The van der Waals surface area contributed by atoms with Crippen molar-refractivity contribution in [3.8, 4) is 5.75 Å². The second-order valence-electron chi connectivity index (χ2n) is 5.51. The van der Waals surface area contributed by atoms with Gasteiger partial charge in [-0.25, -0.2) is 0 Å². The van der Waals surface area contributed by atoms with Gasteiger partial charge in [0.2, 0.25) is 5.91 Å². The van der Waals surface area contributed by atoms with Crippen molar-refractivity contribution >= 4 is 22.4 Å². The molecular weight excluding hydrogens is 304 g/mol. The van der Waals surface area contributed by atoms with Crippen LogP contribution in [0.4, 0.5) is 5.69 Å². The molecule has 0 spiro atoms. The van der Waals surface area contributed by atoms with E-state index >= 15 is 0 Å². The maximum atomic E-state index is 12.6. The molecular formula is C19H18N2O3. The van der Waals surface area contributed by atoms with E-state index in [1.54, 1.807) is 50.6 Å². The minimum Gasteiger partial charge on any atom is -0.497 e. The van der Waals surface area contributed by atoms with Gasteiger partial charge in [0, 0.05) is 17.3 Å². The molecule has 1 heterocycles. The average Bonchev–Trinajstić information content (AvgIpc) is 2.62. The lowest BCUT2D eigenvalue weighted by molar-refractivity contribution is -0.118. The Labute approximate surface area is 139 Å². The van der Waals surface area contributed by atoms with Crippen LogP contribution in [-0.4, -0.2) is 17.6 Å². The number of methoxy groups -OCH3 is 1. The number of ether oxygens (including phenoxy) is 1. The van der Waals surface area contributed by atoms with Crippen LogP contribution in [0.1, 0.15) is 13.0 Å². The number of carbonyl (C=O) groups excluding carboxylic acids is 1. The van der Waals surface area contributed by atoms with Crippen LogP contribution in [0.2, 0.25) is 0 Å². The summed E-state index contributed by atoms with van der Waals surface area (Å²) in [5.74, 6) is 0.462. The third-order valence-corrected chi connectivity index (χ3v) is 3.99. The Balaban J connectivity index is 1.85. The fourth-order valence-corrected chi connectivity index (χ4v) is 2.56. The van der Waals surface area contributed by atoms with E-state index in [2.05, 4.69) is 5.32 Å². The number of nitrogens with zero attached hydrogens (tertiary/aromatic N) is 1. The van der Waals surface area contributed by atoms with Crippen LogP contribution in [0.15, 0.2) is 65.6 Å². The maximum absolute atomic E-state index is 12.6. The summed E-state index contributed by atoms with van der Waals surface area (Å²) in [6, 6.07) is 15.6. The van der Waals surface area contributed by atoms with Crippen molar-refractivity contribution in [2.24, 2.45) is 0 Å². The summed E-state index contributed by atoms with van der Waals surface area (Å²) in [5, 5.41) is 4.28. The Morgan fingerprint density at radius 2 is 1.79 bits per heavy atom. The molecule has 0 aliphatic rings. The second kappa shape index (κ2) is 6.58. The Hall–Kier alpha value is -3.08. The number of anilines is 1. The van der Waals surface area contributed by atoms with E-state index in [4.69, 9.17) is 4.74 Å². The number of carbonyl (C=O) groups is 1. The number of hydrogen-bond acceptors (Lipinski definition) is 3. The zero-order valence-corrected chi connectivity index (χ0v) is 13.5. The molecule has 24 heavy (non-hydrogen) atoms. The number of rotatable bonds is 4. The molecule has 3 rings (SSSR count). The van der Waals surface area contributed by atoms with Crippen molar-refractivity contribution in [2.75, 3.05) is 12.4 Å². The quantitative estimate of drug-likeness (QED) is 0.802. The molecule has 122 valence electrons. The molecule has 3 aromatic rings. The summed E-state index contributed by atoms with van der Waals surface area (Å²) < 4.78 is 6.54. The highest BCUT2D eigenvalue weighted by atomic mass is 16.5. The van der Waals surface area contributed by atoms with Crippen molar-refractivity contribution in [1.82, 2.24) is 4.57 Å². The number of benzene rings is 2. The third kappa shape index (κ3) is 3.01. The number of aromatic nitrogens is 1. The molecule has 0 radical (unpaired) electrons. The van der Waals surface area contributed by atoms with E-state index in [1.165, 1.54) is 4.57 Å². The Morgan fingerprint density at radius 1 is 1.08 bits per heavy atom. The molecule has 0 saturated carbocycles. The average molecular weight is 322 g/mol. The lowest BCUT2D eigenvalue weighted by Crippen LogP contribution is -2.31. The normalized spacial score (nSPS) is 11.9. The van der Waals surface area contributed by atoms with Gasteiger partial charge in [0.05, 0.1) is 7.11 Å². The maximum Gasteiger partial charge on any atom is 0.259 e. The highest BCUT2D eigenvalue weighted by molar-refractivity contribution is 5.93. The molecule has 5 nitrogen and oxygen atoms in total. The number of amides is 1. The van der Waals surface area contributed by atoms with Crippen LogP contribution in [0.25, 0.3) is 10.8 Å². The fraction of sp³-hybridized carbons (Fsp3) is 0.158. The van der Waals surface area contributed by atoms with Crippen molar-refractivity contribution in [2.45, 2.75) is 13.0 Å². The van der Waals surface area contributed by atoms with Gasteiger partial charge in [0.1, 0.15) is 11.8 Å². The molecule has 1 N–H and O–H groups in total. The largest absolute Gasteiger partial charge is 0.497 e. The van der Waals surface area contributed by atoms with E-state index in [-0.39, 0.29) is 11.5 Å². The van der Waals surface area contributed by atoms with E-state index < -0.39 is 6.04 Å². The minimum atomic E-state index is -0.621. The number of pyridine rings is 1. The van der Waals surface area contributed by atoms with Gasteiger partial charge in [0.25, 0.3) is 5.56 Å². The van der Waals surface area contributed by atoms with Gasteiger partial charge in [-0.3, -0.25) is 9.59 Å². The monoisotopic (exact) mass is 322 g/mol. The first kappa shape index (κ1) is 15.8. The minimum absolute atomic E-state index is 0.175. The zero-order valence-electron chi connectivity index (χ0n) is 13.5. The highest BCUT2D eigenvalue weighted by Crippen LogP contribution is 2.17. The molecule has 5 heteroatoms. The van der Waals surface area contributed by atoms with Crippen molar-refractivity contribution in [3.63, 3.8) is 0 Å². The Kier molecular flexibility index (Phi) is 4.33. The first-order chi connectivity index (χ1) is 11.6. The van der Waals surface area contributed by atoms with Crippen molar-refractivity contribution < 1.29 is 9.53 Å². The summed E-state index contributed by atoms with van der Waals surface area (Å²) in [6.07, 6.45) is 1.66. The molecule has 0 aliphatic carbocycles. The standard InChI is InChI=1S/C19H18N2O3/c1-13(18(22)20-15-7-9-16(24-2)10-8-15)21-12-11-14-5-3-4-6-17(14)19(21)23/h3-13H,1-2H3,(H,20,22). The van der Waals surface area contributed by atoms with Crippen LogP contribution in [0.5, 0.6) is 5.75 Å². The molecule has 0 bridgehead atoms. The smallest absolute Gasteiger partial charge is 0.259 e.